The molecule has 0 saturated carbocycles. The average Bonchev–Trinajstić information content (AvgIpc) is 2.54. The first kappa shape index (κ1) is 19.9. The van der Waals surface area contributed by atoms with Crippen LogP contribution in [0.1, 0.15) is 44.0 Å². The minimum Gasteiger partial charge on any atom is -0.481 e. The van der Waals surface area contributed by atoms with Gasteiger partial charge in [0.2, 0.25) is 5.91 Å². The van der Waals surface area contributed by atoms with Crippen molar-refractivity contribution in [2.75, 3.05) is 18.4 Å². The van der Waals surface area contributed by atoms with E-state index in [-0.39, 0.29) is 41.3 Å². The standard InChI is InChI=1S/C19H25FN2O4/c1-11(2)8-17(23)21-16-5-4-13(9-15(16)20)18(24)22-7-6-14(19(25)26)12(3)10-22/h4-5,9,11-12,14H,6-8,10H2,1-3H3,(H,21,23)(H,25,26). The van der Waals surface area contributed by atoms with E-state index < -0.39 is 17.7 Å². The van der Waals surface area contributed by atoms with E-state index in [4.69, 9.17) is 5.11 Å². The van der Waals surface area contributed by atoms with E-state index in [1.807, 2.05) is 13.8 Å². The second-order valence-corrected chi connectivity index (χ2v) is 7.30. The third-order valence-corrected chi connectivity index (χ3v) is 4.59. The molecule has 6 nitrogen and oxygen atoms in total. The van der Waals surface area contributed by atoms with Crippen molar-refractivity contribution in [2.24, 2.45) is 17.8 Å². The Hall–Kier alpha value is -2.44. The van der Waals surface area contributed by atoms with E-state index >= 15 is 0 Å². The number of hydrogen-bond donors (Lipinski definition) is 2. The van der Waals surface area contributed by atoms with Crippen molar-refractivity contribution in [3.8, 4) is 0 Å². The van der Waals surface area contributed by atoms with Crippen LogP contribution < -0.4 is 5.32 Å². The number of carboxylic acids is 1. The normalized spacial score (nSPS) is 20.1. The quantitative estimate of drug-likeness (QED) is 0.841. The summed E-state index contributed by atoms with van der Waals surface area (Å²) in [7, 11) is 0. The Kier molecular flexibility index (Phi) is 6.34. The molecule has 2 rings (SSSR count). The summed E-state index contributed by atoms with van der Waals surface area (Å²) in [5.74, 6) is -2.59. The van der Waals surface area contributed by atoms with Gasteiger partial charge < -0.3 is 15.3 Å². The number of anilines is 1. The Morgan fingerprint density at radius 3 is 2.58 bits per heavy atom. The first-order valence-electron chi connectivity index (χ1n) is 8.80. The maximum Gasteiger partial charge on any atom is 0.306 e. The number of carbonyl (C=O) groups excluding carboxylic acids is 2. The molecular weight excluding hydrogens is 339 g/mol. The van der Waals surface area contributed by atoms with Gasteiger partial charge in [-0.1, -0.05) is 20.8 Å². The highest BCUT2D eigenvalue weighted by Gasteiger charge is 2.33. The predicted molar refractivity (Wildman–Crippen MR) is 95.3 cm³/mol. The monoisotopic (exact) mass is 364 g/mol. The highest BCUT2D eigenvalue weighted by molar-refractivity contribution is 5.96. The van der Waals surface area contributed by atoms with Crippen LogP contribution in [0.4, 0.5) is 10.1 Å². The molecule has 1 saturated heterocycles. The summed E-state index contributed by atoms with van der Waals surface area (Å²) in [6.07, 6.45) is 0.671. The Labute approximate surface area is 152 Å². The Morgan fingerprint density at radius 2 is 2.04 bits per heavy atom. The van der Waals surface area contributed by atoms with Crippen LogP contribution in [0.5, 0.6) is 0 Å². The molecule has 1 fully saturated rings. The highest BCUT2D eigenvalue weighted by Crippen LogP contribution is 2.25. The Bertz CT molecular complexity index is 705. The van der Waals surface area contributed by atoms with E-state index in [9.17, 15) is 18.8 Å². The lowest BCUT2D eigenvalue weighted by Gasteiger charge is -2.35. The van der Waals surface area contributed by atoms with Crippen molar-refractivity contribution in [1.29, 1.82) is 0 Å². The molecule has 142 valence electrons. The molecule has 7 heteroatoms. The number of likely N-dealkylation sites (tertiary alicyclic amines) is 1. The number of rotatable bonds is 5. The van der Waals surface area contributed by atoms with Crippen LogP contribution >= 0.6 is 0 Å². The fourth-order valence-corrected chi connectivity index (χ4v) is 3.20. The van der Waals surface area contributed by atoms with Crippen molar-refractivity contribution in [3.63, 3.8) is 0 Å². The topological polar surface area (TPSA) is 86.7 Å². The first-order valence-corrected chi connectivity index (χ1v) is 8.80. The van der Waals surface area contributed by atoms with Crippen molar-refractivity contribution in [3.05, 3.63) is 29.6 Å². The third kappa shape index (κ3) is 4.80. The minimum absolute atomic E-state index is 0.0464. The molecule has 26 heavy (non-hydrogen) atoms. The lowest BCUT2D eigenvalue weighted by molar-refractivity contribution is -0.145. The number of amides is 2. The average molecular weight is 364 g/mol. The molecule has 0 aliphatic carbocycles. The molecule has 1 aliphatic rings. The fraction of sp³-hybridized carbons (Fsp3) is 0.526. The molecule has 2 N–H and O–H groups in total. The summed E-state index contributed by atoms with van der Waals surface area (Å²) in [5.41, 5.74) is 0.232. The number of hydrogen-bond acceptors (Lipinski definition) is 3. The van der Waals surface area contributed by atoms with Crippen LogP contribution in [0, 0.1) is 23.6 Å². The van der Waals surface area contributed by atoms with Gasteiger partial charge in [0.15, 0.2) is 0 Å². The second-order valence-electron chi connectivity index (χ2n) is 7.30. The number of piperidine rings is 1. The first-order chi connectivity index (χ1) is 12.2. The van der Waals surface area contributed by atoms with Gasteiger partial charge in [0.25, 0.3) is 5.91 Å². The number of carboxylic acid groups (broad SMARTS) is 1. The summed E-state index contributed by atoms with van der Waals surface area (Å²) >= 11 is 0. The maximum absolute atomic E-state index is 14.3. The maximum atomic E-state index is 14.3. The number of carbonyl (C=O) groups is 3. The van der Waals surface area contributed by atoms with E-state index in [1.54, 1.807) is 11.8 Å². The molecule has 1 aromatic carbocycles. The third-order valence-electron chi connectivity index (χ3n) is 4.59. The van der Waals surface area contributed by atoms with Crippen LogP contribution in [0.15, 0.2) is 18.2 Å². The van der Waals surface area contributed by atoms with Crippen LogP contribution in [0.25, 0.3) is 0 Å². The summed E-state index contributed by atoms with van der Waals surface area (Å²) in [5, 5.41) is 11.7. The smallest absolute Gasteiger partial charge is 0.306 e. The number of halogens is 1. The summed E-state index contributed by atoms with van der Waals surface area (Å²) in [6.45, 7) is 6.24. The van der Waals surface area contributed by atoms with E-state index in [0.717, 1.165) is 6.07 Å². The van der Waals surface area contributed by atoms with Gasteiger partial charge in [-0.25, -0.2) is 4.39 Å². The molecule has 2 atom stereocenters. The summed E-state index contributed by atoms with van der Waals surface area (Å²) < 4.78 is 14.3. The van der Waals surface area contributed by atoms with Crippen molar-refractivity contribution >= 4 is 23.5 Å². The van der Waals surface area contributed by atoms with Crippen LogP contribution in [0.2, 0.25) is 0 Å². The van der Waals surface area contributed by atoms with Crippen molar-refractivity contribution < 1.29 is 23.9 Å². The fourth-order valence-electron chi connectivity index (χ4n) is 3.20. The van der Waals surface area contributed by atoms with Gasteiger partial charge >= 0.3 is 5.97 Å². The molecule has 2 unspecified atom stereocenters. The number of nitrogens with zero attached hydrogens (tertiary/aromatic N) is 1. The van der Waals surface area contributed by atoms with Gasteiger partial charge in [-0.3, -0.25) is 14.4 Å². The molecular formula is C19H25FN2O4. The van der Waals surface area contributed by atoms with Gasteiger partial charge in [0.1, 0.15) is 5.82 Å². The molecule has 0 aromatic heterocycles. The van der Waals surface area contributed by atoms with E-state index in [2.05, 4.69) is 5.32 Å². The Morgan fingerprint density at radius 1 is 1.35 bits per heavy atom. The van der Waals surface area contributed by atoms with Gasteiger partial charge in [-0.05, 0) is 36.5 Å². The van der Waals surface area contributed by atoms with Crippen LogP contribution in [-0.2, 0) is 9.59 Å². The molecule has 1 heterocycles. The van der Waals surface area contributed by atoms with Gasteiger partial charge in [-0.15, -0.1) is 0 Å². The second kappa shape index (κ2) is 8.29. The Balaban J connectivity index is 2.05. The summed E-state index contributed by atoms with van der Waals surface area (Å²) in [4.78, 5) is 37.1. The van der Waals surface area contributed by atoms with Crippen molar-refractivity contribution in [2.45, 2.75) is 33.6 Å². The SMILES string of the molecule is CC(C)CC(=O)Nc1ccc(C(=O)N2CCC(C(=O)O)C(C)C2)cc1F. The lowest BCUT2D eigenvalue weighted by atomic mass is 9.87. The van der Waals surface area contributed by atoms with Crippen molar-refractivity contribution in [1.82, 2.24) is 4.90 Å². The van der Waals surface area contributed by atoms with Gasteiger partial charge in [0.05, 0.1) is 11.6 Å². The highest BCUT2D eigenvalue weighted by atomic mass is 19.1. The van der Waals surface area contributed by atoms with E-state index in [1.165, 1.54) is 12.1 Å². The zero-order valence-electron chi connectivity index (χ0n) is 15.3. The largest absolute Gasteiger partial charge is 0.481 e. The minimum atomic E-state index is -0.850. The van der Waals surface area contributed by atoms with Crippen LogP contribution in [0.3, 0.4) is 0 Å². The molecule has 2 amide bonds. The molecule has 0 spiro atoms. The molecule has 1 aromatic rings. The zero-order valence-corrected chi connectivity index (χ0v) is 15.3. The van der Waals surface area contributed by atoms with E-state index in [0.29, 0.717) is 19.5 Å². The number of aliphatic carboxylic acids is 1. The predicted octanol–water partition coefficient (Wildman–Crippen LogP) is 2.99. The molecule has 0 radical (unpaired) electrons. The van der Waals surface area contributed by atoms with Crippen LogP contribution in [-0.4, -0.2) is 40.9 Å². The van der Waals surface area contributed by atoms with Gasteiger partial charge in [0, 0.05) is 25.1 Å². The number of benzene rings is 1. The molecule has 1 aliphatic heterocycles. The molecule has 0 bridgehead atoms. The zero-order chi connectivity index (χ0) is 19.4. The summed E-state index contributed by atoms with van der Waals surface area (Å²) in [6, 6.07) is 3.97. The van der Waals surface area contributed by atoms with Gasteiger partial charge in [-0.2, -0.15) is 0 Å². The lowest BCUT2D eigenvalue weighted by Crippen LogP contribution is -2.45. The number of nitrogens with one attached hydrogen (secondary N) is 1.